The minimum absolute atomic E-state index is 0.0195. The van der Waals surface area contributed by atoms with E-state index in [9.17, 15) is 9.59 Å². The maximum Gasteiger partial charge on any atom is 0.321 e. The molecule has 5 heteroatoms. The van der Waals surface area contributed by atoms with Crippen molar-refractivity contribution < 1.29 is 9.59 Å². The van der Waals surface area contributed by atoms with Crippen molar-refractivity contribution in [1.29, 1.82) is 0 Å². The zero-order chi connectivity index (χ0) is 15.1. The number of benzene rings is 1. The third kappa shape index (κ3) is 4.56. The molecule has 0 fully saturated rings. The lowest BCUT2D eigenvalue weighted by molar-refractivity contribution is 0.101. The number of carbonyl (C=O) groups excluding carboxylic acids is 2. The van der Waals surface area contributed by atoms with Crippen molar-refractivity contribution in [2.24, 2.45) is 0 Å². The molecule has 0 radical (unpaired) electrons. The topological polar surface area (TPSA) is 49.4 Å². The van der Waals surface area contributed by atoms with Crippen LogP contribution in [0.15, 0.2) is 24.3 Å². The van der Waals surface area contributed by atoms with Crippen LogP contribution in [0.4, 0.5) is 10.5 Å². The fraction of sp³-hybridized carbons (Fsp3) is 0.467. The Balaban J connectivity index is 2.67. The first-order valence-electron chi connectivity index (χ1n) is 6.63. The Morgan fingerprint density at radius 3 is 2.35 bits per heavy atom. The van der Waals surface area contributed by atoms with Crippen molar-refractivity contribution in [2.75, 3.05) is 24.4 Å². The quantitative estimate of drug-likeness (QED) is 0.817. The number of nitrogens with one attached hydrogen (secondary N) is 1. The van der Waals surface area contributed by atoms with Crippen LogP contribution < -0.4 is 5.32 Å². The molecule has 0 aliphatic heterocycles. The number of hydrogen-bond donors (Lipinski definition) is 1. The van der Waals surface area contributed by atoms with Gasteiger partial charge >= 0.3 is 6.03 Å². The van der Waals surface area contributed by atoms with E-state index in [1.807, 2.05) is 13.3 Å². The zero-order valence-corrected chi connectivity index (χ0v) is 13.3. The van der Waals surface area contributed by atoms with Gasteiger partial charge in [0.2, 0.25) is 0 Å². The number of amides is 2. The van der Waals surface area contributed by atoms with Gasteiger partial charge in [0, 0.05) is 30.1 Å². The van der Waals surface area contributed by atoms with E-state index in [1.54, 1.807) is 40.9 Å². The number of Topliss-reactive ketones (excluding diaryl/α,β-unsaturated/α-hetero) is 1. The summed E-state index contributed by atoms with van der Waals surface area (Å²) in [6.07, 6.45) is 2.96. The molecule has 1 rings (SSSR count). The summed E-state index contributed by atoms with van der Waals surface area (Å²) in [4.78, 5) is 25.1. The normalized spacial score (nSPS) is 11.8. The molecule has 0 aliphatic carbocycles. The van der Waals surface area contributed by atoms with Crippen molar-refractivity contribution in [2.45, 2.75) is 26.3 Å². The van der Waals surface area contributed by atoms with Gasteiger partial charge < -0.3 is 10.2 Å². The lowest BCUT2D eigenvalue weighted by Gasteiger charge is -2.27. The average Bonchev–Trinajstić information content (AvgIpc) is 2.44. The smallest absolute Gasteiger partial charge is 0.321 e. The molecular weight excluding hydrogens is 272 g/mol. The highest BCUT2D eigenvalue weighted by Gasteiger charge is 2.17. The Kier molecular flexibility index (Phi) is 6.58. The van der Waals surface area contributed by atoms with Crippen molar-refractivity contribution in [3.63, 3.8) is 0 Å². The second-order valence-corrected chi connectivity index (χ2v) is 5.60. The van der Waals surface area contributed by atoms with E-state index in [4.69, 9.17) is 0 Å². The second kappa shape index (κ2) is 7.94. The van der Waals surface area contributed by atoms with Gasteiger partial charge in [-0.05, 0) is 43.9 Å². The van der Waals surface area contributed by atoms with Gasteiger partial charge in [-0.3, -0.25) is 4.79 Å². The van der Waals surface area contributed by atoms with E-state index in [0.717, 1.165) is 12.2 Å². The highest BCUT2D eigenvalue weighted by molar-refractivity contribution is 7.98. The first-order valence-corrected chi connectivity index (χ1v) is 8.02. The zero-order valence-electron chi connectivity index (χ0n) is 12.5. The maximum absolute atomic E-state index is 12.1. The first kappa shape index (κ1) is 16.6. The number of rotatable bonds is 6. The Labute approximate surface area is 124 Å². The minimum atomic E-state index is -0.124. The summed E-state index contributed by atoms with van der Waals surface area (Å²) in [7, 11) is 1.81. The second-order valence-electron chi connectivity index (χ2n) is 4.69. The summed E-state index contributed by atoms with van der Waals surface area (Å²) < 4.78 is 0. The van der Waals surface area contributed by atoms with Gasteiger partial charge in [0.1, 0.15) is 0 Å². The molecule has 0 saturated carbocycles. The van der Waals surface area contributed by atoms with Crippen LogP contribution in [0.3, 0.4) is 0 Å². The number of hydrogen-bond acceptors (Lipinski definition) is 3. The van der Waals surface area contributed by atoms with Gasteiger partial charge in [-0.2, -0.15) is 11.8 Å². The molecule has 2 amide bonds. The SMILES string of the molecule is CCC(CSC)N(C)C(=O)Nc1ccc(C(C)=O)cc1. The van der Waals surface area contributed by atoms with E-state index >= 15 is 0 Å². The molecule has 0 spiro atoms. The highest BCUT2D eigenvalue weighted by atomic mass is 32.2. The number of urea groups is 1. The Morgan fingerprint density at radius 1 is 1.30 bits per heavy atom. The molecule has 20 heavy (non-hydrogen) atoms. The number of thioether (sulfide) groups is 1. The Bertz CT molecular complexity index is 459. The highest BCUT2D eigenvalue weighted by Crippen LogP contribution is 2.13. The van der Waals surface area contributed by atoms with Crippen LogP contribution in [0.1, 0.15) is 30.6 Å². The van der Waals surface area contributed by atoms with Crippen LogP contribution in [0.5, 0.6) is 0 Å². The maximum atomic E-state index is 12.1. The van der Waals surface area contributed by atoms with Crippen LogP contribution in [0.2, 0.25) is 0 Å². The van der Waals surface area contributed by atoms with Crippen molar-refractivity contribution in [3.8, 4) is 0 Å². The molecule has 0 saturated heterocycles. The largest absolute Gasteiger partial charge is 0.324 e. The molecule has 1 unspecified atom stereocenters. The van der Waals surface area contributed by atoms with Crippen LogP contribution in [-0.2, 0) is 0 Å². The first-order chi connectivity index (χ1) is 9.49. The molecule has 0 bridgehead atoms. The molecule has 1 aromatic carbocycles. The lowest BCUT2D eigenvalue weighted by Crippen LogP contribution is -2.41. The molecule has 1 N–H and O–H groups in total. The fourth-order valence-electron chi connectivity index (χ4n) is 1.86. The molecular formula is C15H22N2O2S. The van der Waals surface area contributed by atoms with Crippen LogP contribution >= 0.6 is 11.8 Å². The molecule has 1 aromatic rings. The van der Waals surface area contributed by atoms with Gasteiger partial charge in [0.25, 0.3) is 0 Å². The van der Waals surface area contributed by atoms with Crippen LogP contribution in [0.25, 0.3) is 0 Å². The van der Waals surface area contributed by atoms with Crippen molar-refractivity contribution >= 4 is 29.3 Å². The van der Waals surface area contributed by atoms with E-state index in [-0.39, 0.29) is 17.9 Å². The standard InChI is InChI=1S/C15H22N2O2S/c1-5-14(10-20-4)17(3)15(19)16-13-8-6-12(7-9-13)11(2)18/h6-9,14H,5,10H2,1-4H3,(H,16,19). The minimum Gasteiger partial charge on any atom is -0.324 e. The van der Waals surface area contributed by atoms with E-state index in [2.05, 4.69) is 12.2 Å². The molecule has 1 atom stereocenters. The summed E-state index contributed by atoms with van der Waals surface area (Å²) in [5.74, 6) is 0.940. The molecule has 4 nitrogen and oxygen atoms in total. The van der Waals surface area contributed by atoms with Crippen molar-refractivity contribution in [3.05, 3.63) is 29.8 Å². The number of ketones is 1. The molecule has 0 aliphatic rings. The molecule has 0 heterocycles. The summed E-state index contributed by atoms with van der Waals surface area (Å²) >= 11 is 1.73. The fourth-order valence-corrected chi connectivity index (χ4v) is 2.71. The number of carbonyl (C=O) groups is 2. The molecule has 110 valence electrons. The predicted octanol–water partition coefficient (Wildman–Crippen LogP) is 3.49. The number of anilines is 1. The van der Waals surface area contributed by atoms with E-state index in [0.29, 0.717) is 11.3 Å². The van der Waals surface area contributed by atoms with Gasteiger partial charge in [-0.25, -0.2) is 4.79 Å². The monoisotopic (exact) mass is 294 g/mol. The van der Waals surface area contributed by atoms with Crippen molar-refractivity contribution in [1.82, 2.24) is 4.90 Å². The lowest BCUT2D eigenvalue weighted by atomic mass is 10.1. The summed E-state index contributed by atoms with van der Waals surface area (Å²) in [6, 6.07) is 7.03. The third-order valence-electron chi connectivity index (χ3n) is 3.24. The molecule has 0 aromatic heterocycles. The number of nitrogens with zero attached hydrogens (tertiary/aromatic N) is 1. The van der Waals surface area contributed by atoms with Gasteiger partial charge in [-0.1, -0.05) is 6.92 Å². The summed E-state index contributed by atoms with van der Waals surface area (Å²) in [6.45, 7) is 3.60. The summed E-state index contributed by atoms with van der Waals surface area (Å²) in [5.41, 5.74) is 1.34. The van der Waals surface area contributed by atoms with Gasteiger partial charge in [0.05, 0.1) is 0 Å². The average molecular weight is 294 g/mol. The van der Waals surface area contributed by atoms with Crippen LogP contribution in [-0.4, -0.2) is 41.8 Å². The third-order valence-corrected chi connectivity index (χ3v) is 3.96. The van der Waals surface area contributed by atoms with E-state index < -0.39 is 0 Å². The van der Waals surface area contributed by atoms with E-state index in [1.165, 1.54) is 6.92 Å². The Morgan fingerprint density at radius 2 is 1.90 bits per heavy atom. The Hall–Kier alpha value is -1.49. The van der Waals surface area contributed by atoms with Gasteiger partial charge in [-0.15, -0.1) is 0 Å². The summed E-state index contributed by atoms with van der Waals surface area (Å²) in [5, 5.41) is 2.85. The van der Waals surface area contributed by atoms with Crippen LogP contribution in [0, 0.1) is 0 Å². The predicted molar refractivity (Wildman–Crippen MR) is 85.7 cm³/mol. The van der Waals surface area contributed by atoms with Gasteiger partial charge in [0.15, 0.2) is 5.78 Å².